The molecule has 10 nitrogen and oxygen atoms in total. The summed E-state index contributed by atoms with van der Waals surface area (Å²) in [6.07, 6.45) is 9.61. The fourth-order valence-corrected chi connectivity index (χ4v) is 4.37. The summed E-state index contributed by atoms with van der Waals surface area (Å²) >= 11 is 0. The number of aliphatic imine (C=N–C) groups is 1. The van der Waals surface area contributed by atoms with Crippen molar-refractivity contribution in [2.45, 2.75) is 63.6 Å². The predicted molar refractivity (Wildman–Crippen MR) is 139 cm³/mol. The van der Waals surface area contributed by atoms with Gasteiger partial charge in [0.15, 0.2) is 5.96 Å². The molecular formula is C26H36N6O4. The number of carbonyl (C=O) groups is 3. The van der Waals surface area contributed by atoms with Gasteiger partial charge in [-0.2, -0.15) is 0 Å². The lowest BCUT2D eigenvalue weighted by atomic mass is 10.1. The molecule has 6 N–H and O–H groups in total. The number of carbonyl (C=O) groups excluding carboxylic acids is 3. The van der Waals surface area contributed by atoms with E-state index in [-0.39, 0.29) is 24.7 Å². The third kappa shape index (κ3) is 7.59. The zero-order valence-corrected chi connectivity index (χ0v) is 20.7. The third-order valence-electron chi connectivity index (χ3n) is 6.21. The fraction of sp³-hybridized carbons (Fsp3) is 0.462. The van der Waals surface area contributed by atoms with Crippen molar-refractivity contribution in [3.8, 4) is 0 Å². The van der Waals surface area contributed by atoms with E-state index in [1.807, 2.05) is 24.3 Å². The van der Waals surface area contributed by atoms with Crippen molar-refractivity contribution in [1.29, 1.82) is 0 Å². The zero-order chi connectivity index (χ0) is 25.9. The minimum atomic E-state index is -0.857. The standard InChI is InChI=1S/C26H36N6O4/c1-36-25(35)21-12-5-7-16-32-17-18(19-10-2-3-13-22(19)32)9-8-14-23(33)30-20(24(34)31-21)11-4-6-15-29-26(27)28/h2-3,5,7,10,13,17,20-21H,4,6,8-9,11-12,14-16H2,1H3,(H,30,33)(H,31,34)(H4,27,28,29)/b7-5+/t20-,21+/m1/s1. The number of unbranched alkanes of at least 4 members (excludes halogenated alkanes) is 1. The Hall–Kier alpha value is -3.82. The maximum absolute atomic E-state index is 13.1. The lowest BCUT2D eigenvalue weighted by Crippen LogP contribution is -2.51. The van der Waals surface area contributed by atoms with E-state index in [0.717, 1.165) is 11.9 Å². The molecule has 36 heavy (non-hydrogen) atoms. The van der Waals surface area contributed by atoms with Gasteiger partial charge in [-0.05, 0) is 50.2 Å². The smallest absolute Gasteiger partial charge is 0.328 e. The van der Waals surface area contributed by atoms with Crippen LogP contribution in [-0.2, 0) is 32.1 Å². The Bertz CT molecular complexity index is 1120. The topological polar surface area (TPSA) is 154 Å². The largest absolute Gasteiger partial charge is 0.467 e. The lowest BCUT2D eigenvalue weighted by Gasteiger charge is -2.22. The minimum absolute atomic E-state index is 0.0165. The highest BCUT2D eigenvalue weighted by Gasteiger charge is 2.26. The van der Waals surface area contributed by atoms with Gasteiger partial charge < -0.3 is 31.4 Å². The van der Waals surface area contributed by atoms with Crippen LogP contribution >= 0.6 is 0 Å². The van der Waals surface area contributed by atoms with Crippen LogP contribution < -0.4 is 22.1 Å². The first kappa shape index (κ1) is 26.8. The molecule has 1 aliphatic heterocycles. The number of benzene rings is 1. The van der Waals surface area contributed by atoms with Gasteiger partial charge in [0.1, 0.15) is 12.1 Å². The molecule has 1 aliphatic rings. The van der Waals surface area contributed by atoms with Gasteiger partial charge in [-0.1, -0.05) is 30.4 Å². The van der Waals surface area contributed by atoms with E-state index in [9.17, 15) is 14.4 Å². The minimum Gasteiger partial charge on any atom is -0.467 e. The molecule has 0 saturated heterocycles. The molecule has 2 aromatic rings. The molecule has 0 radical (unpaired) electrons. The summed E-state index contributed by atoms with van der Waals surface area (Å²) in [5, 5.41) is 6.77. The highest BCUT2D eigenvalue weighted by Crippen LogP contribution is 2.23. The van der Waals surface area contributed by atoms with E-state index >= 15 is 0 Å². The van der Waals surface area contributed by atoms with Crippen LogP contribution in [0.25, 0.3) is 10.9 Å². The van der Waals surface area contributed by atoms with Crippen LogP contribution in [0.1, 0.15) is 44.1 Å². The SMILES string of the molecule is COC(=O)[C@@H]1C/C=C/Cn2cc(c3ccccc32)CCCC(=O)N[C@H](CCCCN=C(N)N)C(=O)N1. The molecule has 3 rings (SSSR count). The predicted octanol–water partition coefficient (Wildman–Crippen LogP) is 1.51. The quantitative estimate of drug-likeness (QED) is 0.156. The number of aryl methyl sites for hydroxylation is 1. The van der Waals surface area contributed by atoms with E-state index < -0.39 is 24.0 Å². The van der Waals surface area contributed by atoms with Gasteiger partial charge in [0.25, 0.3) is 0 Å². The number of amides is 2. The number of fused-ring (bicyclic) bond motifs is 5. The molecule has 2 bridgehead atoms. The summed E-state index contributed by atoms with van der Waals surface area (Å²) in [7, 11) is 1.29. The summed E-state index contributed by atoms with van der Waals surface area (Å²) in [5.74, 6) is -1.15. The van der Waals surface area contributed by atoms with E-state index in [1.165, 1.54) is 18.1 Å². The molecule has 0 aliphatic carbocycles. The van der Waals surface area contributed by atoms with Crippen molar-refractivity contribution >= 4 is 34.6 Å². The van der Waals surface area contributed by atoms with E-state index in [4.69, 9.17) is 16.2 Å². The van der Waals surface area contributed by atoms with Crippen molar-refractivity contribution in [2.24, 2.45) is 16.5 Å². The van der Waals surface area contributed by atoms with Crippen LogP contribution in [0.15, 0.2) is 47.6 Å². The van der Waals surface area contributed by atoms with Gasteiger partial charge in [0, 0.05) is 36.6 Å². The number of aromatic nitrogens is 1. The van der Waals surface area contributed by atoms with Gasteiger partial charge in [-0.25, -0.2) is 4.79 Å². The summed E-state index contributed by atoms with van der Waals surface area (Å²) < 4.78 is 7.05. The highest BCUT2D eigenvalue weighted by atomic mass is 16.5. The van der Waals surface area contributed by atoms with Crippen LogP contribution in [0.2, 0.25) is 0 Å². The lowest BCUT2D eigenvalue weighted by molar-refractivity contribution is -0.145. The number of para-hydroxylation sites is 1. The molecule has 1 aromatic heterocycles. The average Bonchev–Trinajstić information content (AvgIpc) is 3.21. The molecule has 0 unspecified atom stereocenters. The Balaban J connectivity index is 1.79. The van der Waals surface area contributed by atoms with Crippen molar-refractivity contribution < 1.29 is 19.1 Å². The van der Waals surface area contributed by atoms with Crippen molar-refractivity contribution in [3.63, 3.8) is 0 Å². The Morgan fingerprint density at radius 3 is 2.72 bits per heavy atom. The Morgan fingerprint density at radius 1 is 1.14 bits per heavy atom. The molecule has 10 heteroatoms. The van der Waals surface area contributed by atoms with E-state index in [2.05, 4.69) is 38.5 Å². The third-order valence-corrected chi connectivity index (χ3v) is 6.21. The van der Waals surface area contributed by atoms with Crippen molar-refractivity contribution in [2.75, 3.05) is 13.7 Å². The van der Waals surface area contributed by atoms with Crippen LogP contribution in [0.3, 0.4) is 0 Å². The number of esters is 1. The number of rotatable bonds is 6. The zero-order valence-electron chi connectivity index (χ0n) is 20.7. The number of nitrogens with zero attached hydrogens (tertiary/aromatic N) is 2. The summed E-state index contributed by atoms with van der Waals surface area (Å²) in [6, 6.07) is 6.54. The molecule has 2 amide bonds. The van der Waals surface area contributed by atoms with Crippen LogP contribution in [0, 0.1) is 0 Å². The molecule has 194 valence electrons. The van der Waals surface area contributed by atoms with Crippen LogP contribution in [0.5, 0.6) is 0 Å². The number of guanidine groups is 1. The van der Waals surface area contributed by atoms with Gasteiger partial charge in [-0.3, -0.25) is 14.6 Å². The summed E-state index contributed by atoms with van der Waals surface area (Å²) in [4.78, 5) is 42.1. The molecule has 0 fully saturated rings. The van der Waals surface area contributed by atoms with Gasteiger partial charge in [0.2, 0.25) is 11.8 Å². The number of hydrogen-bond acceptors (Lipinski definition) is 5. The van der Waals surface area contributed by atoms with Gasteiger partial charge in [-0.15, -0.1) is 0 Å². The fourth-order valence-electron chi connectivity index (χ4n) is 4.37. The van der Waals surface area contributed by atoms with Gasteiger partial charge >= 0.3 is 5.97 Å². The first-order chi connectivity index (χ1) is 17.4. The first-order valence-corrected chi connectivity index (χ1v) is 12.3. The second-order valence-electron chi connectivity index (χ2n) is 8.89. The number of allylic oxidation sites excluding steroid dienone is 1. The number of ether oxygens (including phenoxy) is 1. The van der Waals surface area contributed by atoms with E-state index in [1.54, 1.807) is 0 Å². The number of hydrogen-bond donors (Lipinski definition) is 4. The molecule has 0 spiro atoms. The Morgan fingerprint density at radius 2 is 1.94 bits per heavy atom. The van der Waals surface area contributed by atoms with Crippen molar-refractivity contribution in [1.82, 2.24) is 15.2 Å². The Labute approximate surface area is 211 Å². The summed E-state index contributed by atoms with van der Waals surface area (Å²) in [5.41, 5.74) is 13.0. The second kappa shape index (κ2) is 13.3. The van der Waals surface area contributed by atoms with Crippen LogP contribution in [-0.4, -0.2) is 54.0 Å². The number of nitrogens with two attached hydrogens (primary N) is 2. The molecule has 0 saturated carbocycles. The molecular weight excluding hydrogens is 460 g/mol. The van der Waals surface area contributed by atoms with Crippen LogP contribution in [0.4, 0.5) is 0 Å². The molecule has 2 heterocycles. The average molecular weight is 497 g/mol. The number of nitrogens with one attached hydrogen (secondary N) is 2. The molecule has 2 atom stereocenters. The molecule has 1 aromatic carbocycles. The maximum Gasteiger partial charge on any atom is 0.328 e. The maximum atomic E-state index is 13.1. The first-order valence-electron chi connectivity index (χ1n) is 12.3. The summed E-state index contributed by atoms with van der Waals surface area (Å²) in [6.45, 7) is 1.06. The monoisotopic (exact) mass is 496 g/mol. The highest BCUT2D eigenvalue weighted by molar-refractivity contribution is 5.91. The second-order valence-corrected chi connectivity index (χ2v) is 8.89. The van der Waals surface area contributed by atoms with Gasteiger partial charge in [0.05, 0.1) is 7.11 Å². The van der Waals surface area contributed by atoms with Crippen molar-refractivity contribution in [3.05, 3.63) is 48.2 Å². The Kier molecular flexibility index (Phi) is 9.91. The van der Waals surface area contributed by atoms with E-state index in [0.29, 0.717) is 38.8 Å². The normalized spacial score (nSPS) is 20.2. The number of methoxy groups -OCH3 is 1.